The van der Waals surface area contributed by atoms with Gasteiger partial charge in [0.1, 0.15) is 5.00 Å². The molecule has 0 aliphatic heterocycles. The summed E-state index contributed by atoms with van der Waals surface area (Å²) in [5.41, 5.74) is 3.74. The molecule has 0 bridgehead atoms. The zero-order valence-corrected chi connectivity index (χ0v) is 11.9. The minimum absolute atomic E-state index is 0.0797. The quantitative estimate of drug-likeness (QED) is 0.757. The summed E-state index contributed by atoms with van der Waals surface area (Å²) >= 11 is 1.30. The summed E-state index contributed by atoms with van der Waals surface area (Å²) in [6.45, 7) is 0.637. The predicted molar refractivity (Wildman–Crippen MR) is 83.0 cm³/mol. The molecule has 106 valence electrons. The molecule has 2 aromatic heterocycles. The number of hydrogen-bond donors (Lipinski definition) is 2. The molecule has 3 aromatic rings. The minimum Gasteiger partial charge on any atom is -0.476 e. The molecule has 0 saturated carbocycles. The van der Waals surface area contributed by atoms with Crippen LogP contribution in [-0.2, 0) is 6.42 Å². The second-order valence-electron chi connectivity index (χ2n) is 4.50. The van der Waals surface area contributed by atoms with Crippen LogP contribution in [0.1, 0.15) is 16.1 Å². The van der Waals surface area contributed by atoms with E-state index in [9.17, 15) is 4.79 Å². The van der Waals surface area contributed by atoms with Gasteiger partial charge in [-0.05, 0) is 18.1 Å². The van der Waals surface area contributed by atoms with Crippen LogP contribution in [0.15, 0.2) is 42.0 Å². The number of para-hydroxylation sites is 1. The molecule has 2 heterocycles. The Bertz CT molecular complexity index is 780. The molecule has 0 fully saturated rings. The highest BCUT2D eigenvalue weighted by Crippen LogP contribution is 2.21. The van der Waals surface area contributed by atoms with Crippen molar-refractivity contribution in [2.45, 2.75) is 6.42 Å². The van der Waals surface area contributed by atoms with Gasteiger partial charge in [0.15, 0.2) is 5.69 Å². The van der Waals surface area contributed by atoms with E-state index in [0.29, 0.717) is 11.5 Å². The van der Waals surface area contributed by atoms with Crippen molar-refractivity contribution in [2.24, 2.45) is 0 Å². The number of rotatable bonds is 5. The Balaban J connectivity index is 1.72. The molecule has 0 atom stereocenters. The molecular weight excluding hydrogens is 286 g/mol. The van der Waals surface area contributed by atoms with Gasteiger partial charge in [-0.25, -0.2) is 9.78 Å². The van der Waals surface area contributed by atoms with Gasteiger partial charge in [0.05, 0.1) is 11.0 Å². The molecule has 0 saturated heterocycles. The van der Waals surface area contributed by atoms with Gasteiger partial charge in [0.25, 0.3) is 0 Å². The molecule has 0 unspecified atom stereocenters. The van der Waals surface area contributed by atoms with Gasteiger partial charge in [-0.15, -0.1) is 11.3 Å². The maximum absolute atomic E-state index is 11.0. The van der Waals surface area contributed by atoms with E-state index in [1.165, 1.54) is 16.8 Å². The lowest BCUT2D eigenvalue weighted by Gasteiger charge is -2.07. The Morgan fingerprint density at radius 1 is 1.24 bits per heavy atom. The van der Waals surface area contributed by atoms with E-state index >= 15 is 0 Å². The van der Waals surface area contributed by atoms with Crippen LogP contribution in [0.5, 0.6) is 0 Å². The average Bonchev–Trinajstić information content (AvgIpc) is 2.96. The number of aromatic carboxylic acids is 1. The third kappa shape index (κ3) is 2.85. The van der Waals surface area contributed by atoms with E-state index in [1.54, 1.807) is 6.20 Å². The Morgan fingerprint density at radius 3 is 2.95 bits per heavy atom. The SMILES string of the molecule is O=C(O)c1ncsc1NCCc1cccc2cccnc12. The van der Waals surface area contributed by atoms with Crippen molar-refractivity contribution in [1.82, 2.24) is 9.97 Å². The highest BCUT2D eigenvalue weighted by molar-refractivity contribution is 7.14. The van der Waals surface area contributed by atoms with Crippen LogP contribution in [-0.4, -0.2) is 27.6 Å². The van der Waals surface area contributed by atoms with E-state index in [0.717, 1.165) is 22.9 Å². The highest BCUT2D eigenvalue weighted by Gasteiger charge is 2.12. The van der Waals surface area contributed by atoms with E-state index in [2.05, 4.69) is 15.3 Å². The molecular formula is C15H13N3O2S. The van der Waals surface area contributed by atoms with E-state index < -0.39 is 5.97 Å². The maximum atomic E-state index is 11.0. The van der Waals surface area contributed by atoms with Crippen LogP contribution in [0, 0.1) is 0 Å². The van der Waals surface area contributed by atoms with Gasteiger partial charge in [0, 0.05) is 18.1 Å². The first kappa shape index (κ1) is 13.5. The van der Waals surface area contributed by atoms with Crippen LogP contribution < -0.4 is 5.32 Å². The number of nitrogens with zero attached hydrogens (tertiary/aromatic N) is 2. The van der Waals surface area contributed by atoms with Gasteiger partial charge >= 0.3 is 5.97 Å². The second-order valence-corrected chi connectivity index (χ2v) is 5.36. The molecule has 5 nitrogen and oxygen atoms in total. The lowest BCUT2D eigenvalue weighted by Crippen LogP contribution is -2.08. The summed E-state index contributed by atoms with van der Waals surface area (Å²) in [7, 11) is 0. The van der Waals surface area contributed by atoms with Gasteiger partial charge < -0.3 is 10.4 Å². The number of carbonyl (C=O) groups is 1. The highest BCUT2D eigenvalue weighted by atomic mass is 32.1. The fourth-order valence-corrected chi connectivity index (χ4v) is 2.90. The summed E-state index contributed by atoms with van der Waals surface area (Å²) in [4.78, 5) is 19.2. The van der Waals surface area contributed by atoms with Crippen molar-refractivity contribution in [1.29, 1.82) is 0 Å². The Hall–Kier alpha value is -2.47. The number of fused-ring (bicyclic) bond motifs is 1. The molecule has 0 aliphatic rings. The second kappa shape index (κ2) is 5.88. The molecule has 6 heteroatoms. The third-order valence-corrected chi connectivity index (χ3v) is 3.95. The first-order valence-electron chi connectivity index (χ1n) is 6.49. The lowest BCUT2D eigenvalue weighted by molar-refractivity contribution is 0.0692. The summed E-state index contributed by atoms with van der Waals surface area (Å²) in [5.74, 6) is -1.01. The van der Waals surface area contributed by atoms with Crippen LogP contribution in [0.4, 0.5) is 5.00 Å². The van der Waals surface area contributed by atoms with Crippen LogP contribution in [0.25, 0.3) is 10.9 Å². The predicted octanol–water partition coefficient (Wildman–Crippen LogP) is 3.04. The summed E-state index contributed by atoms with van der Waals surface area (Å²) in [6.07, 6.45) is 2.55. The average molecular weight is 299 g/mol. The van der Waals surface area contributed by atoms with Crippen molar-refractivity contribution < 1.29 is 9.90 Å². The number of thiazole rings is 1. The lowest BCUT2D eigenvalue weighted by atomic mass is 10.1. The molecule has 1 aromatic carbocycles. The van der Waals surface area contributed by atoms with Crippen molar-refractivity contribution >= 4 is 33.2 Å². The summed E-state index contributed by atoms with van der Waals surface area (Å²) < 4.78 is 0. The number of aromatic nitrogens is 2. The van der Waals surface area contributed by atoms with Gasteiger partial charge in [-0.2, -0.15) is 0 Å². The third-order valence-electron chi connectivity index (χ3n) is 3.17. The van der Waals surface area contributed by atoms with Gasteiger partial charge in [-0.1, -0.05) is 24.3 Å². The molecule has 2 N–H and O–H groups in total. The Morgan fingerprint density at radius 2 is 2.10 bits per heavy atom. The molecule has 0 spiro atoms. The number of carboxylic acid groups (broad SMARTS) is 1. The van der Waals surface area contributed by atoms with Crippen molar-refractivity contribution in [3.63, 3.8) is 0 Å². The van der Waals surface area contributed by atoms with Crippen molar-refractivity contribution in [3.8, 4) is 0 Å². The topological polar surface area (TPSA) is 75.1 Å². The zero-order chi connectivity index (χ0) is 14.7. The monoisotopic (exact) mass is 299 g/mol. The largest absolute Gasteiger partial charge is 0.476 e. The van der Waals surface area contributed by atoms with Crippen molar-refractivity contribution in [2.75, 3.05) is 11.9 Å². The summed E-state index contributed by atoms with van der Waals surface area (Å²) in [6, 6.07) is 10.0. The van der Waals surface area contributed by atoms with E-state index in [4.69, 9.17) is 5.11 Å². The van der Waals surface area contributed by atoms with Crippen LogP contribution in [0.2, 0.25) is 0 Å². The van der Waals surface area contributed by atoms with Crippen LogP contribution in [0.3, 0.4) is 0 Å². The zero-order valence-electron chi connectivity index (χ0n) is 11.1. The maximum Gasteiger partial charge on any atom is 0.357 e. The molecule has 21 heavy (non-hydrogen) atoms. The standard InChI is InChI=1S/C15H13N3O2S/c19-15(20)13-14(21-9-18-13)17-8-6-11-4-1-3-10-5-2-7-16-12(10)11/h1-5,7,9,17H,6,8H2,(H,19,20). The number of pyridine rings is 1. The number of benzene rings is 1. The number of hydrogen-bond acceptors (Lipinski definition) is 5. The number of carboxylic acids is 1. The van der Waals surface area contributed by atoms with E-state index in [1.807, 2.05) is 30.3 Å². The molecule has 0 aliphatic carbocycles. The number of nitrogens with one attached hydrogen (secondary N) is 1. The first-order valence-corrected chi connectivity index (χ1v) is 7.37. The fraction of sp³-hybridized carbons (Fsp3) is 0.133. The van der Waals surface area contributed by atoms with Crippen molar-refractivity contribution in [3.05, 3.63) is 53.3 Å². The van der Waals surface area contributed by atoms with E-state index in [-0.39, 0.29) is 5.69 Å². The summed E-state index contributed by atoms with van der Waals surface area (Å²) in [5, 5.41) is 13.8. The first-order chi connectivity index (χ1) is 10.3. The normalized spacial score (nSPS) is 10.7. The minimum atomic E-state index is -1.01. The van der Waals surface area contributed by atoms with Gasteiger partial charge in [0.2, 0.25) is 0 Å². The fourth-order valence-electron chi connectivity index (χ4n) is 2.20. The van der Waals surface area contributed by atoms with Gasteiger partial charge in [-0.3, -0.25) is 4.98 Å². The molecule has 3 rings (SSSR count). The number of anilines is 1. The Labute approximate surface area is 125 Å². The smallest absolute Gasteiger partial charge is 0.357 e. The Kier molecular flexibility index (Phi) is 3.79. The molecule has 0 amide bonds. The molecule has 0 radical (unpaired) electrons. The van der Waals surface area contributed by atoms with Crippen LogP contribution >= 0.6 is 11.3 Å².